The fourth-order valence-electron chi connectivity index (χ4n) is 0.703. The summed E-state index contributed by atoms with van der Waals surface area (Å²) in [5, 5.41) is 15.5. The average Bonchev–Trinajstić information content (AvgIpc) is 2.41. The van der Waals surface area contributed by atoms with Crippen LogP contribution in [-0.4, -0.2) is 22.2 Å². The van der Waals surface area contributed by atoms with Crippen LogP contribution in [0.15, 0.2) is 55.7 Å². The minimum Gasteiger partial charge on any atom is -0.478 e. The molecule has 0 heterocycles. The number of hydrogen-bond donors (Lipinski definition) is 2. The van der Waals surface area contributed by atoms with Gasteiger partial charge in [-0.1, -0.05) is 55.6 Å². The summed E-state index contributed by atoms with van der Waals surface area (Å²) in [6, 6.07) is 8.28. The van der Waals surface area contributed by atoms with Crippen LogP contribution in [0.4, 0.5) is 0 Å². The molecule has 0 unspecified atom stereocenters. The molecule has 0 fully saturated rings. The van der Waals surface area contributed by atoms with E-state index in [2.05, 4.69) is 50.9 Å². The van der Waals surface area contributed by atoms with E-state index in [1.54, 1.807) is 0 Å². The van der Waals surface area contributed by atoms with E-state index in [-0.39, 0.29) is 5.57 Å². The highest BCUT2D eigenvalue weighted by Crippen LogP contribution is 2.02. The lowest BCUT2D eigenvalue weighted by atomic mass is 10.2. The second-order valence-electron chi connectivity index (χ2n) is 3.74. The molecule has 2 N–H and O–H groups in total. The fourth-order valence-corrected chi connectivity index (χ4v) is 0.703. The van der Waals surface area contributed by atoms with Gasteiger partial charge in [0.25, 0.3) is 0 Å². The second kappa shape index (κ2) is 11.5. The van der Waals surface area contributed by atoms with Gasteiger partial charge in [0.15, 0.2) is 0 Å². The van der Waals surface area contributed by atoms with E-state index >= 15 is 0 Å². The molecule has 0 spiro atoms. The van der Waals surface area contributed by atoms with Gasteiger partial charge in [-0.15, -0.1) is 0 Å². The number of carbonyl (C=O) groups is 2. The van der Waals surface area contributed by atoms with E-state index in [0.29, 0.717) is 0 Å². The molecule has 20 heavy (non-hydrogen) atoms. The maximum atomic E-state index is 9.60. The summed E-state index contributed by atoms with van der Waals surface area (Å²) >= 11 is 0. The summed E-state index contributed by atoms with van der Waals surface area (Å²) in [5.41, 5.74) is 2.65. The predicted molar refractivity (Wildman–Crippen MR) is 81.6 cm³/mol. The number of carboxylic acid groups (broad SMARTS) is 2. The second-order valence-corrected chi connectivity index (χ2v) is 3.74. The van der Waals surface area contributed by atoms with Crippen LogP contribution < -0.4 is 0 Å². The van der Waals surface area contributed by atoms with Gasteiger partial charge < -0.3 is 10.2 Å². The van der Waals surface area contributed by atoms with Gasteiger partial charge in [-0.25, -0.2) is 9.59 Å². The number of aliphatic carboxylic acids is 2. The lowest BCUT2D eigenvalue weighted by Crippen LogP contribution is -1.92. The van der Waals surface area contributed by atoms with Crippen molar-refractivity contribution in [3.8, 4) is 0 Å². The highest BCUT2D eigenvalue weighted by Gasteiger charge is 1.90. The van der Waals surface area contributed by atoms with Gasteiger partial charge in [0.1, 0.15) is 0 Å². The maximum absolute atomic E-state index is 9.60. The highest BCUT2D eigenvalue weighted by atomic mass is 16.4. The van der Waals surface area contributed by atoms with E-state index < -0.39 is 11.9 Å². The van der Waals surface area contributed by atoms with Gasteiger partial charge in [-0.2, -0.15) is 0 Å². The molecule has 1 aromatic rings. The molecule has 0 radical (unpaired) electrons. The Morgan fingerprint density at radius 2 is 1.45 bits per heavy atom. The van der Waals surface area contributed by atoms with E-state index in [4.69, 9.17) is 10.2 Å². The molecule has 0 saturated heterocycles. The first-order valence-corrected chi connectivity index (χ1v) is 5.67. The predicted octanol–water partition coefficient (Wildman–Crippen LogP) is 3.54. The zero-order chi connectivity index (χ0) is 16.1. The summed E-state index contributed by atoms with van der Waals surface area (Å²) < 4.78 is 0. The molecular formula is C16H20O4. The van der Waals surface area contributed by atoms with Crippen LogP contribution in [0.2, 0.25) is 0 Å². The summed E-state index contributed by atoms with van der Waals surface area (Å²) in [5.74, 6) is -1.92. The van der Waals surface area contributed by atoms with Crippen LogP contribution in [0.3, 0.4) is 0 Å². The van der Waals surface area contributed by atoms with Crippen molar-refractivity contribution in [1.29, 1.82) is 0 Å². The summed E-state index contributed by atoms with van der Waals surface area (Å²) in [6.45, 7) is 13.3. The number of benzene rings is 1. The molecule has 0 aromatic heterocycles. The van der Waals surface area contributed by atoms with E-state index in [0.717, 1.165) is 6.08 Å². The van der Waals surface area contributed by atoms with Crippen molar-refractivity contribution in [3.05, 3.63) is 66.8 Å². The molecule has 0 aliphatic heterocycles. The van der Waals surface area contributed by atoms with Crippen LogP contribution in [0.5, 0.6) is 0 Å². The molecule has 0 aliphatic carbocycles. The molecule has 1 rings (SSSR count). The Kier molecular flexibility index (Phi) is 11.3. The quantitative estimate of drug-likeness (QED) is 0.828. The third-order valence-electron chi connectivity index (χ3n) is 1.85. The summed E-state index contributed by atoms with van der Waals surface area (Å²) in [6.07, 6.45) is 2.68. The van der Waals surface area contributed by atoms with Gasteiger partial charge >= 0.3 is 11.9 Å². The third-order valence-corrected chi connectivity index (χ3v) is 1.85. The molecule has 0 saturated carbocycles. The molecule has 0 bridgehead atoms. The van der Waals surface area contributed by atoms with Crippen molar-refractivity contribution in [2.45, 2.75) is 13.8 Å². The van der Waals surface area contributed by atoms with Crippen LogP contribution in [0.25, 0.3) is 6.08 Å². The van der Waals surface area contributed by atoms with E-state index in [1.807, 2.05) is 6.08 Å². The van der Waals surface area contributed by atoms with Crippen molar-refractivity contribution >= 4 is 18.0 Å². The molecular weight excluding hydrogens is 256 g/mol. The first-order chi connectivity index (χ1) is 9.24. The maximum Gasteiger partial charge on any atom is 0.330 e. The van der Waals surface area contributed by atoms with Crippen molar-refractivity contribution in [3.63, 3.8) is 0 Å². The topological polar surface area (TPSA) is 74.6 Å². The Morgan fingerprint density at radius 3 is 1.65 bits per heavy atom. The Morgan fingerprint density at radius 1 is 1.10 bits per heavy atom. The first kappa shape index (κ1) is 19.7. The highest BCUT2D eigenvalue weighted by molar-refractivity contribution is 5.84. The smallest absolute Gasteiger partial charge is 0.330 e. The SMILES string of the molecule is C=C(C)C(=O)O.C=CC(=O)O.C=Cc1ccc(C)cc1. The summed E-state index contributed by atoms with van der Waals surface area (Å²) in [4.78, 5) is 18.8. The minimum absolute atomic E-state index is 0.176. The Labute approximate surface area is 119 Å². The molecule has 0 atom stereocenters. The van der Waals surface area contributed by atoms with Crippen LogP contribution in [0.1, 0.15) is 18.1 Å². The third kappa shape index (κ3) is 13.4. The minimum atomic E-state index is -0.981. The number of aryl methyl sites for hydroxylation is 1. The van der Waals surface area contributed by atoms with Gasteiger partial charge in [-0.05, 0) is 19.4 Å². The molecule has 4 nitrogen and oxygen atoms in total. The monoisotopic (exact) mass is 276 g/mol. The molecule has 0 aliphatic rings. The van der Waals surface area contributed by atoms with Crippen molar-refractivity contribution in [2.75, 3.05) is 0 Å². The standard InChI is InChI=1S/C9H10.C4H6O2.C3H4O2/c1-3-9-6-4-8(2)5-7-9;1-3(2)4(5)6;1-2-3(4)5/h3-7H,1H2,2H3;1H2,2H3,(H,5,6);2H,1H2,(H,4,5). The number of rotatable bonds is 3. The van der Waals surface area contributed by atoms with Crippen molar-refractivity contribution < 1.29 is 19.8 Å². The van der Waals surface area contributed by atoms with E-state index in [1.165, 1.54) is 18.1 Å². The molecule has 4 heteroatoms. The number of carboxylic acids is 2. The van der Waals surface area contributed by atoms with Crippen LogP contribution in [-0.2, 0) is 9.59 Å². The zero-order valence-corrected chi connectivity index (χ0v) is 11.8. The fraction of sp³-hybridized carbons (Fsp3) is 0.125. The largest absolute Gasteiger partial charge is 0.478 e. The summed E-state index contributed by atoms with van der Waals surface area (Å²) in [7, 11) is 0. The number of hydrogen-bond acceptors (Lipinski definition) is 2. The van der Waals surface area contributed by atoms with E-state index in [9.17, 15) is 9.59 Å². The first-order valence-electron chi connectivity index (χ1n) is 5.67. The van der Waals surface area contributed by atoms with Gasteiger partial charge in [0, 0.05) is 11.6 Å². The molecule has 108 valence electrons. The normalized spacial score (nSPS) is 7.90. The van der Waals surface area contributed by atoms with Crippen LogP contribution in [0, 0.1) is 6.92 Å². The Balaban J connectivity index is 0. The zero-order valence-electron chi connectivity index (χ0n) is 11.8. The van der Waals surface area contributed by atoms with Crippen LogP contribution >= 0.6 is 0 Å². The Hall–Kier alpha value is -2.62. The van der Waals surface area contributed by atoms with Gasteiger partial charge in [0.2, 0.25) is 0 Å². The lowest BCUT2D eigenvalue weighted by Gasteiger charge is -1.91. The van der Waals surface area contributed by atoms with Crippen molar-refractivity contribution in [1.82, 2.24) is 0 Å². The average molecular weight is 276 g/mol. The Bertz CT molecular complexity index is 458. The molecule has 1 aromatic carbocycles. The van der Waals surface area contributed by atoms with Gasteiger partial charge in [0.05, 0.1) is 0 Å². The lowest BCUT2D eigenvalue weighted by molar-refractivity contribution is -0.133. The van der Waals surface area contributed by atoms with Crippen molar-refractivity contribution in [2.24, 2.45) is 0 Å². The van der Waals surface area contributed by atoms with Gasteiger partial charge in [-0.3, -0.25) is 0 Å². The molecule has 0 amide bonds.